The number of aromatic nitrogens is 1. The molecule has 0 bridgehead atoms. The zero-order valence-corrected chi connectivity index (χ0v) is 16.9. The lowest BCUT2D eigenvalue weighted by molar-refractivity contribution is -0.123. The van der Waals surface area contributed by atoms with Crippen LogP contribution < -0.4 is 16.4 Å². The fraction of sp³-hybridized carbons (Fsp3) is 0.350. The number of amides is 2. The van der Waals surface area contributed by atoms with Crippen LogP contribution in [0, 0.1) is 5.82 Å². The van der Waals surface area contributed by atoms with Crippen LogP contribution >= 0.6 is 11.6 Å². The van der Waals surface area contributed by atoms with Crippen molar-refractivity contribution in [2.75, 3.05) is 38.2 Å². The van der Waals surface area contributed by atoms with Crippen molar-refractivity contribution in [2.45, 2.75) is 18.3 Å². The summed E-state index contributed by atoms with van der Waals surface area (Å²) in [6.45, 7) is 1.03. The van der Waals surface area contributed by atoms with E-state index in [1.807, 2.05) is 0 Å². The first-order valence-electron chi connectivity index (χ1n) is 9.25. The van der Waals surface area contributed by atoms with Gasteiger partial charge in [-0.2, -0.15) is 0 Å². The van der Waals surface area contributed by atoms with Crippen LogP contribution in [0.5, 0.6) is 0 Å². The standard InChI is InChI=1S/C20H21ClFN5O2/c1-27(2)19(29)14-12(23)4-3-10(17(14)22)11-7-24-18-15(16(11)21)20(9-26-18)6-5-13(28)25-8-20/h3-4,7H,5-6,8-9,23H2,1-2H3,(H,24,26)(H,25,28). The molecular weight excluding hydrogens is 397 g/mol. The van der Waals surface area contributed by atoms with Crippen molar-refractivity contribution in [3.05, 3.63) is 40.3 Å². The van der Waals surface area contributed by atoms with Crippen LogP contribution in [0.3, 0.4) is 0 Å². The van der Waals surface area contributed by atoms with Gasteiger partial charge in [-0.15, -0.1) is 0 Å². The number of pyridine rings is 1. The van der Waals surface area contributed by atoms with E-state index < -0.39 is 17.1 Å². The van der Waals surface area contributed by atoms with Gasteiger partial charge in [-0.1, -0.05) is 11.6 Å². The summed E-state index contributed by atoms with van der Waals surface area (Å²) in [5, 5.41) is 6.50. The van der Waals surface area contributed by atoms with Crippen molar-refractivity contribution >= 4 is 34.9 Å². The summed E-state index contributed by atoms with van der Waals surface area (Å²) in [7, 11) is 3.06. The highest BCUT2D eigenvalue weighted by Crippen LogP contribution is 2.47. The Bertz CT molecular complexity index is 1030. The second kappa shape index (κ2) is 6.88. The number of hydrogen-bond donors (Lipinski definition) is 3. The third-order valence-corrected chi connectivity index (χ3v) is 6.07. The predicted octanol–water partition coefficient (Wildman–Crippen LogP) is 2.40. The summed E-state index contributed by atoms with van der Waals surface area (Å²) in [4.78, 5) is 29.8. The molecule has 1 atom stereocenters. The van der Waals surface area contributed by atoms with Gasteiger partial charge in [0.1, 0.15) is 11.6 Å². The number of nitrogens with one attached hydrogen (secondary N) is 2. The number of benzene rings is 1. The van der Waals surface area contributed by atoms with Gasteiger partial charge in [0.25, 0.3) is 5.91 Å². The summed E-state index contributed by atoms with van der Waals surface area (Å²) in [5.41, 5.74) is 6.66. The predicted molar refractivity (Wildman–Crippen MR) is 109 cm³/mol. The van der Waals surface area contributed by atoms with Crippen LogP contribution in [0.4, 0.5) is 15.9 Å². The van der Waals surface area contributed by atoms with Crippen LogP contribution in [0.2, 0.25) is 5.02 Å². The molecule has 1 aromatic carbocycles. The molecule has 4 N–H and O–H groups in total. The summed E-state index contributed by atoms with van der Waals surface area (Å²) in [6, 6.07) is 3.00. The number of nitrogens with two attached hydrogens (primary N) is 1. The number of carbonyl (C=O) groups is 2. The van der Waals surface area contributed by atoms with E-state index in [4.69, 9.17) is 17.3 Å². The van der Waals surface area contributed by atoms with E-state index >= 15 is 4.39 Å². The molecule has 1 spiro atoms. The molecule has 2 amide bonds. The average Bonchev–Trinajstić information content (AvgIpc) is 3.04. The maximum atomic E-state index is 15.4. The van der Waals surface area contributed by atoms with E-state index in [0.29, 0.717) is 42.3 Å². The molecule has 1 aromatic heterocycles. The largest absolute Gasteiger partial charge is 0.398 e. The Hall–Kier alpha value is -2.87. The second-order valence-corrected chi connectivity index (χ2v) is 8.09. The van der Waals surface area contributed by atoms with Gasteiger partial charge in [-0.3, -0.25) is 9.59 Å². The van der Waals surface area contributed by atoms with Crippen molar-refractivity contribution in [3.8, 4) is 11.1 Å². The minimum absolute atomic E-state index is 0.000676. The van der Waals surface area contributed by atoms with Gasteiger partial charge < -0.3 is 21.3 Å². The van der Waals surface area contributed by atoms with Gasteiger partial charge in [0.2, 0.25) is 5.91 Å². The lowest BCUT2D eigenvalue weighted by atomic mass is 9.76. The Morgan fingerprint density at radius 3 is 2.66 bits per heavy atom. The maximum absolute atomic E-state index is 15.4. The molecule has 7 nitrogen and oxygen atoms in total. The summed E-state index contributed by atoms with van der Waals surface area (Å²) >= 11 is 6.77. The van der Waals surface area contributed by atoms with Crippen molar-refractivity contribution in [3.63, 3.8) is 0 Å². The van der Waals surface area contributed by atoms with Crippen molar-refractivity contribution in [1.82, 2.24) is 15.2 Å². The molecule has 4 rings (SSSR count). The zero-order chi connectivity index (χ0) is 20.9. The molecule has 0 radical (unpaired) electrons. The Kier molecular flexibility index (Phi) is 4.61. The molecule has 9 heteroatoms. The molecule has 1 unspecified atom stereocenters. The van der Waals surface area contributed by atoms with E-state index in [-0.39, 0.29) is 22.7 Å². The van der Waals surface area contributed by atoms with Crippen LogP contribution in [0.15, 0.2) is 18.3 Å². The minimum Gasteiger partial charge on any atom is -0.398 e. The number of rotatable bonds is 2. The lowest BCUT2D eigenvalue weighted by Crippen LogP contribution is -2.47. The van der Waals surface area contributed by atoms with Crippen LogP contribution in [0.25, 0.3) is 11.1 Å². The third-order valence-electron chi connectivity index (χ3n) is 5.68. The molecule has 29 heavy (non-hydrogen) atoms. The molecule has 2 aliphatic rings. The molecule has 2 aromatic rings. The normalized spacial score (nSPS) is 20.2. The highest BCUT2D eigenvalue weighted by Gasteiger charge is 2.44. The highest BCUT2D eigenvalue weighted by molar-refractivity contribution is 6.34. The first-order chi connectivity index (χ1) is 13.7. The quantitative estimate of drug-likeness (QED) is 0.651. The molecule has 3 heterocycles. The van der Waals surface area contributed by atoms with Crippen molar-refractivity contribution in [1.29, 1.82) is 0 Å². The maximum Gasteiger partial charge on any atom is 0.258 e. The Balaban J connectivity index is 1.86. The van der Waals surface area contributed by atoms with Crippen LogP contribution in [-0.4, -0.2) is 48.9 Å². The molecule has 152 valence electrons. The average molecular weight is 418 g/mol. The number of fused-ring (bicyclic) bond motifs is 2. The lowest BCUT2D eigenvalue weighted by Gasteiger charge is -2.34. The molecule has 2 aliphatic heterocycles. The van der Waals surface area contributed by atoms with E-state index in [1.54, 1.807) is 0 Å². The fourth-order valence-corrected chi connectivity index (χ4v) is 4.48. The Morgan fingerprint density at radius 1 is 1.28 bits per heavy atom. The summed E-state index contributed by atoms with van der Waals surface area (Å²) in [6.07, 6.45) is 2.50. The van der Waals surface area contributed by atoms with Gasteiger partial charge in [-0.25, -0.2) is 9.37 Å². The van der Waals surface area contributed by atoms with E-state index in [2.05, 4.69) is 15.6 Å². The number of anilines is 2. The van der Waals surface area contributed by atoms with E-state index in [1.165, 1.54) is 37.3 Å². The molecule has 1 saturated heterocycles. The SMILES string of the molecule is CN(C)C(=O)c1c(N)ccc(-c2cnc3c(c2Cl)C2(CCC(=O)NC2)CN3)c1F. The number of carbonyl (C=O) groups excluding carboxylic acids is 2. The van der Waals surface area contributed by atoms with Crippen molar-refractivity contribution < 1.29 is 14.0 Å². The monoisotopic (exact) mass is 417 g/mol. The van der Waals surface area contributed by atoms with E-state index in [9.17, 15) is 9.59 Å². The van der Waals surface area contributed by atoms with Crippen LogP contribution in [0.1, 0.15) is 28.8 Å². The zero-order valence-electron chi connectivity index (χ0n) is 16.1. The molecule has 1 fully saturated rings. The number of nitrogen functional groups attached to an aromatic ring is 1. The number of piperidine rings is 1. The number of nitrogens with zero attached hydrogens (tertiary/aromatic N) is 2. The minimum atomic E-state index is -0.732. The first kappa shape index (κ1) is 19.4. The third kappa shape index (κ3) is 2.98. The van der Waals surface area contributed by atoms with Gasteiger partial charge >= 0.3 is 0 Å². The van der Waals surface area contributed by atoms with E-state index in [0.717, 1.165) is 5.56 Å². The highest BCUT2D eigenvalue weighted by atomic mass is 35.5. The van der Waals surface area contributed by atoms with Crippen LogP contribution in [-0.2, 0) is 10.2 Å². The summed E-state index contributed by atoms with van der Waals surface area (Å²) < 4.78 is 15.4. The van der Waals surface area contributed by atoms with Gasteiger partial charge in [0, 0.05) is 67.6 Å². The van der Waals surface area contributed by atoms with Gasteiger partial charge in [0.15, 0.2) is 0 Å². The molecule has 0 aliphatic carbocycles. The Morgan fingerprint density at radius 2 is 2.00 bits per heavy atom. The Labute approximate surface area is 172 Å². The fourth-order valence-electron chi connectivity index (χ4n) is 4.04. The number of halogens is 2. The molecular formula is C20H21ClFN5O2. The van der Waals surface area contributed by atoms with Gasteiger partial charge in [0.05, 0.1) is 10.6 Å². The molecule has 0 saturated carbocycles. The topological polar surface area (TPSA) is 100 Å². The summed E-state index contributed by atoms with van der Waals surface area (Å²) in [5.74, 6) is -0.624. The first-order valence-corrected chi connectivity index (χ1v) is 9.62. The second-order valence-electron chi connectivity index (χ2n) is 7.71. The smallest absolute Gasteiger partial charge is 0.258 e. The number of hydrogen-bond acceptors (Lipinski definition) is 5. The van der Waals surface area contributed by atoms with Gasteiger partial charge in [-0.05, 0) is 18.6 Å². The van der Waals surface area contributed by atoms with Crippen molar-refractivity contribution in [2.24, 2.45) is 0 Å².